The molecule has 1 aliphatic carbocycles. The molecule has 2 aromatic rings. The van der Waals surface area contributed by atoms with Gasteiger partial charge in [0, 0.05) is 5.92 Å². The van der Waals surface area contributed by atoms with Crippen LogP contribution in [0.2, 0.25) is 0 Å². The van der Waals surface area contributed by atoms with Crippen LogP contribution in [0.3, 0.4) is 0 Å². The van der Waals surface area contributed by atoms with Gasteiger partial charge in [-0.25, -0.2) is 4.68 Å². The Balaban J connectivity index is 1.63. The molecule has 0 saturated heterocycles. The third-order valence-corrected chi connectivity index (χ3v) is 3.44. The molecule has 0 radical (unpaired) electrons. The molecular weight excluding hydrogens is 252 g/mol. The number of hydrogen-bond donors (Lipinski definition) is 0. The fourth-order valence-corrected chi connectivity index (χ4v) is 2.21. The van der Waals surface area contributed by atoms with E-state index in [1.807, 2.05) is 35.9 Å². The Kier molecular flexibility index (Phi) is 3.38. The first kappa shape index (κ1) is 12.7. The smallest absolute Gasteiger partial charge is 0.186 e. The van der Waals surface area contributed by atoms with Crippen LogP contribution in [-0.2, 0) is 6.54 Å². The number of ether oxygens (including phenoxy) is 1. The van der Waals surface area contributed by atoms with E-state index in [4.69, 9.17) is 10.00 Å². The van der Waals surface area contributed by atoms with Crippen LogP contribution in [0.15, 0.2) is 24.3 Å². The quantitative estimate of drug-likeness (QED) is 0.835. The van der Waals surface area contributed by atoms with Crippen molar-refractivity contribution in [3.63, 3.8) is 0 Å². The monoisotopic (exact) mass is 268 g/mol. The lowest BCUT2D eigenvalue weighted by Crippen LogP contribution is -2.12. The van der Waals surface area contributed by atoms with E-state index in [2.05, 4.69) is 16.4 Å². The molecule has 0 amide bonds. The number of aryl methyl sites for hydroxylation is 1. The summed E-state index contributed by atoms with van der Waals surface area (Å²) in [6.07, 6.45) is 2.25. The van der Waals surface area contributed by atoms with Crippen molar-refractivity contribution in [2.45, 2.75) is 32.2 Å². The summed E-state index contributed by atoms with van der Waals surface area (Å²) in [4.78, 5) is 0. The molecule has 0 spiro atoms. The average molecular weight is 268 g/mol. The molecule has 0 N–H and O–H groups in total. The van der Waals surface area contributed by atoms with Crippen LogP contribution in [0.4, 0.5) is 0 Å². The van der Waals surface area contributed by atoms with Crippen molar-refractivity contribution in [1.82, 2.24) is 15.0 Å². The van der Waals surface area contributed by atoms with E-state index in [-0.39, 0.29) is 0 Å². The van der Waals surface area contributed by atoms with E-state index >= 15 is 0 Å². The summed E-state index contributed by atoms with van der Waals surface area (Å²) in [5.74, 6) is 1.31. The minimum Gasteiger partial charge on any atom is -0.492 e. The van der Waals surface area contributed by atoms with Gasteiger partial charge in [0.05, 0.1) is 12.2 Å². The van der Waals surface area contributed by atoms with E-state index in [1.165, 1.54) is 5.56 Å². The van der Waals surface area contributed by atoms with Crippen LogP contribution < -0.4 is 4.74 Å². The highest BCUT2D eigenvalue weighted by Crippen LogP contribution is 2.40. The molecule has 1 aromatic heterocycles. The van der Waals surface area contributed by atoms with Gasteiger partial charge in [0.1, 0.15) is 18.4 Å². The van der Waals surface area contributed by atoms with Crippen molar-refractivity contribution in [3.05, 3.63) is 41.2 Å². The Bertz CT molecular complexity index is 635. The minimum absolute atomic E-state index is 0.457. The van der Waals surface area contributed by atoms with E-state index in [0.717, 1.165) is 24.3 Å². The highest BCUT2D eigenvalue weighted by Gasteiger charge is 2.31. The van der Waals surface area contributed by atoms with Crippen molar-refractivity contribution in [2.24, 2.45) is 0 Å². The highest BCUT2D eigenvalue weighted by molar-refractivity contribution is 5.30. The van der Waals surface area contributed by atoms with Crippen LogP contribution in [0.5, 0.6) is 5.75 Å². The summed E-state index contributed by atoms with van der Waals surface area (Å²) in [7, 11) is 0. The Morgan fingerprint density at radius 3 is 2.75 bits per heavy atom. The molecule has 1 aliphatic rings. The van der Waals surface area contributed by atoms with Gasteiger partial charge in [-0.05, 0) is 31.9 Å². The standard InChI is InChI=1S/C15H16N4O/c1-11-2-6-13(7-3-11)20-9-8-19-15(12-4-5-12)14(10-16)17-18-19/h2-3,6-7,12H,4-5,8-9H2,1H3. The molecule has 5 heteroatoms. The van der Waals surface area contributed by atoms with Crippen LogP contribution in [-0.4, -0.2) is 21.6 Å². The van der Waals surface area contributed by atoms with Crippen molar-refractivity contribution in [2.75, 3.05) is 6.61 Å². The molecule has 0 atom stereocenters. The zero-order valence-electron chi connectivity index (χ0n) is 11.4. The molecule has 0 aliphatic heterocycles. The van der Waals surface area contributed by atoms with Crippen LogP contribution in [0, 0.1) is 18.3 Å². The van der Waals surface area contributed by atoms with Crippen LogP contribution in [0.1, 0.15) is 35.7 Å². The van der Waals surface area contributed by atoms with Gasteiger partial charge in [-0.2, -0.15) is 5.26 Å². The van der Waals surface area contributed by atoms with Gasteiger partial charge in [-0.15, -0.1) is 5.10 Å². The molecule has 20 heavy (non-hydrogen) atoms. The number of hydrogen-bond acceptors (Lipinski definition) is 4. The molecular formula is C15H16N4O. The predicted molar refractivity (Wildman–Crippen MR) is 73.4 cm³/mol. The lowest BCUT2D eigenvalue weighted by atomic mass is 10.2. The van der Waals surface area contributed by atoms with Gasteiger partial charge in [-0.3, -0.25) is 0 Å². The maximum Gasteiger partial charge on any atom is 0.186 e. The first-order chi connectivity index (χ1) is 9.78. The van der Waals surface area contributed by atoms with Crippen molar-refractivity contribution in [1.29, 1.82) is 5.26 Å². The number of nitrogens with zero attached hydrogens (tertiary/aromatic N) is 4. The first-order valence-corrected chi connectivity index (χ1v) is 6.81. The highest BCUT2D eigenvalue weighted by atomic mass is 16.5. The Hall–Kier alpha value is -2.35. The Morgan fingerprint density at radius 1 is 1.35 bits per heavy atom. The van der Waals surface area contributed by atoms with Crippen molar-refractivity contribution >= 4 is 0 Å². The second-order valence-corrected chi connectivity index (χ2v) is 5.09. The molecule has 5 nitrogen and oxygen atoms in total. The topological polar surface area (TPSA) is 63.7 Å². The Labute approximate surface area is 117 Å². The summed E-state index contributed by atoms with van der Waals surface area (Å²) >= 11 is 0. The van der Waals surface area contributed by atoms with Gasteiger partial charge in [0.25, 0.3) is 0 Å². The predicted octanol–water partition coefficient (Wildman–Crippen LogP) is 2.41. The van der Waals surface area contributed by atoms with Gasteiger partial charge in [-0.1, -0.05) is 22.9 Å². The number of benzene rings is 1. The first-order valence-electron chi connectivity index (χ1n) is 6.81. The summed E-state index contributed by atoms with van der Waals surface area (Å²) in [6, 6.07) is 10.1. The summed E-state index contributed by atoms with van der Waals surface area (Å²) in [6.45, 7) is 3.19. The second kappa shape index (κ2) is 5.33. The van der Waals surface area contributed by atoms with Gasteiger partial charge in [0.15, 0.2) is 5.69 Å². The maximum absolute atomic E-state index is 9.04. The maximum atomic E-state index is 9.04. The molecule has 1 saturated carbocycles. The Morgan fingerprint density at radius 2 is 2.10 bits per heavy atom. The molecule has 3 rings (SSSR count). The molecule has 102 valence electrons. The molecule has 0 unspecified atom stereocenters. The van der Waals surface area contributed by atoms with E-state index in [1.54, 1.807) is 0 Å². The summed E-state index contributed by atoms with van der Waals surface area (Å²) in [5, 5.41) is 17.0. The average Bonchev–Trinajstić information content (AvgIpc) is 3.22. The fraction of sp³-hybridized carbons (Fsp3) is 0.400. The molecule has 1 heterocycles. The van der Waals surface area contributed by atoms with Crippen LogP contribution >= 0.6 is 0 Å². The SMILES string of the molecule is Cc1ccc(OCCn2nnc(C#N)c2C2CC2)cc1. The van der Waals surface area contributed by atoms with Crippen molar-refractivity contribution < 1.29 is 4.74 Å². The fourth-order valence-electron chi connectivity index (χ4n) is 2.21. The van der Waals surface area contributed by atoms with E-state index in [0.29, 0.717) is 24.8 Å². The third-order valence-electron chi connectivity index (χ3n) is 3.44. The number of nitriles is 1. The normalized spacial score (nSPS) is 14.0. The lowest BCUT2D eigenvalue weighted by Gasteiger charge is -2.08. The lowest BCUT2D eigenvalue weighted by molar-refractivity contribution is 0.287. The summed E-state index contributed by atoms with van der Waals surface area (Å²) in [5.41, 5.74) is 2.64. The van der Waals surface area contributed by atoms with E-state index in [9.17, 15) is 0 Å². The van der Waals surface area contributed by atoms with E-state index < -0.39 is 0 Å². The zero-order chi connectivity index (χ0) is 13.9. The number of rotatable bonds is 5. The molecule has 0 bridgehead atoms. The van der Waals surface area contributed by atoms with Gasteiger partial charge >= 0.3 is 0 Å². The molecule has 1 fully saturated rings. The molecule has 1 aromatic carbocycles. The largest absolute Gasteiger partial charge is 0.492 e. The number of aromatic nitrogens is 3. The zero-order valence-corrected chi connectivity index (χ0v) is 11.4. The van der Waals surface area contributed by atoms with Gasteiger partial charge in [0.2, 0.25) is 0 Å². The second-order valence-electron chi connectivity index (χ2n) is 5.09. The van der Waals surface area contributed by atoms with Gasteiger partial charge < -0.3 is 4.74 Å². The van der Waals surface area contributed by atoms with Crippen molar-refractivity contribution in [3.8, 4) is 11.8 Å². The van der Waals surface area contributed by atoms with Crippen LogP contribution in [0.25, 0.3) is 0 Å². The summed E-state index contributed by atoms with van der Waals surface area (Å²) < 4.78 is 7.50. The third kappa shape index (κ3) is 2.64. The minimum atomic E-state index is 0.457.